The third-order valence-corrected chi connectivity index (χ3v) is 4.01. The lowest BCUT2D eigenvalue weighted by Gasteiger charge is -2.19. The number of methoxy groups -OCH3 is 2. The summed E-state index contributed by atoms with van der Waals surface area (Å²) in [5, 5.41) is 0.0605. The summed E-state index contributed by atoms with van der Waals surface area (Å²) in [6, 6.07) is -1.87. The van der Waals surface area contributed by atoms with E-state index in [1.807, 2.05) is 0 Å². The van der Waals surface area contributed by atoms with Crippen molar-refractivity contribution >= 4 is 28.6 Å². The molecule has 1 amide bonds. The van der Waals surface area contributed by atoms with E-state index in [9.17, 15) is 4.79 Å². The molecule has 3 N–H and O–H groups in total. The van der Waals surface area contributed by atoms with Crippen molar-refractivity contribution in [1.29, 1.82) is 0 Å². The van der Waals surface area contributed by atoms with E-state index in [2.05, 4.69) is 9.97 Å². The third kappa shape index (κ3) is 4.36. The van der Waals surface area contributed by atoms with Crippen molar-refractivity contribution in [2.24, 2.45) is 0 Å². The first-order valence-electron chi connectivity index (χ1n) is 15.3. The Morgan fingerprint density at radius 1 is 1.50 bits per heavy atom. The van der Waals surface area contributed by atoms with Crippen LogP contribution in [0.4, 0.5) is 11.8 Å². The van der Waals surface area contributed by atoms with Crippen LogP contribution in [-0.2, 0) is 9.53 Å². The van der Waals surface area contributed by atoms with Crippen LogP contribution < -0.4 is 25.4 Å². The number of rotatable bonds is 9. The van der Waals surface area contributed by atoms with Gasteiger partial charge in [0, 0.05) is 42.2 Å². The summed E-state index contributed by atoms with van der Waals surface area (Å²) in [5.74, 6) is -4.04. The molecule has 9 nitrogen and oxygen atoms in total. The number of nitrogens with zero attached hydrogens (tertiary/aromatic N) is 3. The molecule has 0 saturated carbocycles. The van der Waals surface area contributed by atoms with Gasteiger partial charge in [-0.2, -0.15) is 4.98 Å². The van der Waals surface area contributed by atoms with E-state index in [4.69, 9.17) is 33.5 Å². The molecule has 0 aliphatic carbocycles. The number of aromatic nitrogens is 2. The van der Waals surface area contributed by atoms with Crippen molar-refractivity contribution in [1.82, 2.24) is 15.3 Å². The Kier molecular flexibility index (Phi) is 2.77. The lowest BCUT2D eigenvalue weighted by molar-refractivity contribution is -0.130. The standard InChI is InChI=1S/C19H27N5O4/c1-24(8-5-7-21-18(25)14-6-4-9-28-14)19-22-13-11-16(27-3)15(26-2)10-12(13)17(20)23-19/h10-11,14H,4-9H2,1-3H3,(H,21,25)(H2,20,22,23)/i1D3,2D3,3D3,10D,11D/hD3. The fourth-order valence-corrected chi connectivity index (χ4v) is 2.63. The number of hydrogen-bond donors (Lipinski definition) is 2. The van der Waals surface area contributed by atoms with E-state index in [0.717, 1.165) is 0 Å². The smallest absolute Gasteiger partial charge is 0.249 e. The van der Waals surface area contributed by atoms with E-state index in [1.54, 1.807) is 0 Å². The van der Waals surface area contributed by atoms with Crippen molar-refractivity contribution in [3.8, 4) is 11.5 Å². The van der Waals surface area contributed by atoms with Crippen molar-refractivity contribution in [2.45, 2.75) is 25.4 Å². The van der Waals surface area contributed by atoms with E-state index < -0.39 is 79.3 Å². The molecule has 2 heterocycles. The largest absolute Gasteiger partial charge is 0.493 e. The number of nitrogen functional groups attached to an aromatic ring is 1. The highest BCUT2D eigenvalue weighted by Crippen LogP contribution is 2.33. The highest BCUT2D eigenvalue weighted by atomic mass is 16.5. The number of carbonyl (C=O) groups excluding carboxylic acids is 1. The number of nitrogens with two attached hydrogens (primary N) is 1. The van der Waals surface area contributed by atoms with Crippen molar-refractivity contribution in [3.05, 3.63) is 12.1 Å². The van der Waals surface area contributed by atoms with Crippen LogP contribution in [0.2, 0.25) is 4.24 Å². The average Bonchev–Trinajstić information content (AvgIpc) is 3.38. The summed E-state index contributed by atoms with van der Waals surface area (Å²) in [5.41, 5.74) is -0.760. The Morgan fingerprint density at radius 2 is 2.36 bits per heavy atom. The molecule has 9 heteroatoms. The zero-order valence-electron chi connectivity index (χ0n) is 28.7. The van der Waals surface area contributed by atoms with Gasteiger partial charge in [-0.3, -0.25) is 4.79 Å². The average molecular weight is 404 g/mol. The number of amides is 1. The van der Waals surface area contributed by atoms with Gasteiger partial charge in [0.15, 0.2) is 15.7 Å². The minimum Gasteiger partial charge on any atom is -0.493 e. The maximum atomic E-state index is 12.3. The minimum absolute atomic E-state index is 0.0846. The SMILES string of the molecule is [2H]c1c(OC([2H])([2H])[2H])c(OC([2H])([2H])[2H])c([2H])c2c(N([2H])[2H])nc(N(CCCN([2H])C(=O)C3CCCO3)C([2H])([2H])[2H])nc12. The molecule has 2 aromatic rings. The van der Waals surface area contributed by atoms with Crippen LogP contribution in [0.25, 0.3) is 10.9 Å². The van der Waals surface area contributed by atoms with Gasteiger partial charge in [0.05, 0.1) is 30.6 Å². The Balaban J connectivity index is 2.11. The molecule has 0 bridgehead atoms. The van der Waals surface area contributed by atoms with Crippen LogP contribution in [-0.4, -0.2) is 62.7 Å². The van der Waals surface area contributed by atoms with Gasteiger partial charge >= 0.3 is 0 Å². The summed E-state index contributed by atoms with van der Waals surface area (Å²) in [4.78, 5) is 20.9. The first-order chi connectivity index (χ1) is 19.2. The molecule has 1 saturated heterocycles. The molecule has 1 fully saturated rings. The highest BCUT2D eigenvalue weighted by molar-refractivity contribution is 5.91. The summed E-state index contributed by atoms with van der Waals surface area (Å²) < 4.78 is 124. The highest BCUT2D eigenvalue weighted by Gasteiger charge is 2.22. The number of carbonyl (C=O) groups is 1. The number of nitrogens with one attached hydrogen (secondary N) is 1. The maximum Gasteiger partial charge on any atom is 0.249 e. The molecule has 152 valence electrons. The second-order valence-electron chi connectivity index (χ2n) is 5.91. The Bertz CT molecular complexity index is 1300. The zero-order valence-corrected chi connectivity index (χ0v) is 14.7. The van der Waals surface area contributed by atoms with E-state index in [1.165, 1.54) is 0 Å². The number of ether oxygens (including phenoxy) is 3. The molecule has 1 aliphatic rings. The molecule has 1 aromatic heterocycles. The normalized spacial score (nSPS) is 24.6. The maximum absolute atomic E-state index is 12.3. The third-order valence-electron chi connectivity index (χ3n) is 4.01. The lowest BCUT2D eigenvalue weighted by atomic mass is 10.2. The first kappa shape index (κ1) is 8.69. The van der Waals surface area contributed by atoms with E-state index >= 15 is 0 Å². The summed E-state index contributed by atoms with van der Waals surface area (Å²) in [6.45, 7) is -3.16. The fraction of sp³-hybridized carbons (Fsp3) is 0.526. The summed E-state index contributed by atoms with van der Waals surface area (Å²) in [7, 11) is -6.48. The summed E-state index contributed by atoms with van der Waals surface area (Å²) >= 11 is 0. The second-order valence-corrected chi connectivity index (χ2v) is 5.91. The second kappa shape index (κ2) is 8.92. The van der Waals surface area contributed by atoms with Gasteiger partial charge < -0.3 is 30.1 Å². The summed E-state index contributed by atoms with van der Waals surface area (Å²) in [6.07, 6.45) is 0.286. The molecular weight excluding hydrogens is 362 g/mol. The monoisotopic (exact) mass is 403 g/mol. The molecule has 1 atom stereocenters. The van der Waals surface area contributed by atoms with Crippen LogP contribution in [0.1, 0.15) is 34.3 Å². The van der Waals surface area contributed by atoms with Crippen molar-refractivity contribution < 1.29 is 38.3 Å². The zero-order chi connectivity index (χ0) is 31.8. The molecule has 1 aromatic carbocycles. The van der Waals surface area contributed by atoms with Crippen molar-refractivity contribution in [2.75, 3.05) is 51.4 Å². The van der Waals surface area contributed by atoms with E-state index in [0.29, 0.717) is 29.7 Å². The number of fused-ring (bicyclic) bond motifs is 1. The Morgan fingerprint density at radius 3 is 3.07 bits per heavy atom. The first-order valence-corrected chi connectivity index (χ1v) is 8.41. The van der Waals surface area contributed by atoms with Crippen LogP contribution in [0.3, 0.4) is 0 Å². The fourth-order valence-electron chi connectivity index (χ4n) is 2.63. The van der Waals surface area contributed by atoms with Crippen molar-refractivity contribution in [3.63, 3.8) is 0 Å². The van der Waals surface area contributed by atoms with Gasteiger partial charge in [0.1, 0.15) is 11.9 Å². The number of anilines is 2. The predicted molar refractivity (Wildman–Crippen MR) is 107 cm³/mol. The van der Waals surface area contributed by atoms with Crippen LogP contribution >= 0.6 is 0 Å². The van der Waals surface area contributed by atoms with E-state index in [-0.39, 0.29) is 25.2 Å². The molecule has 28 heavy (non-hydrogen) atoms. The molecule has 0 spiro atoms. The Hall–Kier alpha value is -2.81. The van der Waals surface area contributed by atoms with Gasteiger partial charge in [-0.05, 0) is 25.3 Å². The van der Waals surface area contributed by atoms with Crippen LogP contribution in [0.5, 0.6) is 11.5 Å². The quantitative estimate of drug-likeness (QED) is 0.645. The lowest BCUT2D eigenvalue weighted by Crippen LogP contribution is -2.36. The van der Waals surface area contributed by atoms with Gasteiger partial charge in [-0.25, -0.2) is 4.98 Å². The topological polar surface area (TPSA) is 112 Å². The molecular formula is C19H27N5O4. The van der Waals surface area contributed by atoms with Gasteiger partial charge in [0.25, 0.3) is 0 Å². The van der Waals surface area contributed by atoms with Gasteiger partial charge in [-0.15, -0.1) is 0 Å². The molecule has 3 rings (SSSR count). The molecule has 1 unspecified atom stereocenters. The van der Waals surface area contributed by atoms with Gasteiger partial charge in [-0.1, -0.05) is 0 Å². The number of hydrogen-bond acceptors (Lipinski definition) is 8. The number of benzene rings is 1. The predicted octanol–water partition coefficient (Wildman–Crippen LogP) is 1.35. The molecule has 1 aliphatic heterocycles. The van der Waals surface area contributed by atoms with Crippen LogP contribution in [0, 0.1) is 0 Å². The minimum atomic E-state index is -3.24. The Labute approximate surface area is 184 Å². The van der Waals surface area contributed by atoms with Gasteiger partial charge in [0.2, 0.25) is 11.9 Å². The van der Waals surface area contributed by atoms with Crippen LogP contribution in [0.15, 0.2) is 12.1 Å². The molecule has 0 radical (unpaired) electrons.